The van der Waals surface area contributed by atoms with Gasteiger partial charge in [0.05, 0.1) is 12.1 Å². The van der Waals surface area contributed by atoms with Crippen molar-refractivity contribution >= 4 is 23.8 Å². The summed E-state index contributed by atoms with van der Waals surface area (Å²) in [4.78, 5) is 61.2. The third kappa shape index (κ3) is 5.02. The Bertz CT molecular complexity index is 801. The van der Waals surface area contributed by atoms with Crippen molar-refractivity contribution in [1.82, 2.24) is 35.7 Å². The smallest absolute Gasteiger partial charge is 0.317 e. The molecule has 2 aliphatic heterocycles. The van der Waals surface area contributed by atoms with Crippen LogP contribution >= 0.6 is 0 Å². The van der Waals surface area contributed by atoms with Crippen molar-refractivity contribution in [3.8, 4) is 0 Å². The fraction of sp³-hybridized carbons (Fsp3) is 0.579. The molecule has 11 nitrogen and oxygen atoms in total. The number of hydrogen-bond acceptors (Lipinski definition) is 6. The van der Waals surface area contributed by atoms with Crippen molar-refractivity contribution < 1.29 is 19.2 Å². The van der Waals surface area contributed by atoms with Gasteiger partial charge in [-0.2, -0.15) is 0 Å². The van der Waals surface area contributed by atoms with Crippen LogP contribution in [0.3, 0.4) is 0 Å². The number of urea groups is 1. The summed E-state index contributed by atoms with van der Waals surface area (Å²) in [6.45, 7) is 4.76. The first-order valence-corrected chi connectivity index (χ1v) is 10.1. The van der Waals surface area contributed by atoms with Crippen LogP contribution in [0.1, 0.15) is 37.0 Å². The number of aromatic nitrogens is 2. The highest BCUT2D eigenvalue weighted by molar-refractivity contribution is 5.98. The lowest BCUT2D eigenvalue weighted by molar-refractivity contribution is -0.133. The summed E-state index contributed by atoms with van der Waals surface area (Å²) in [6.07, 6.45) is 5.38. The van der Waals surface area contributed by atoms with Crippen molar-refractivity contribution in [2.45, 2.75) is 44.8 Å². The molecule has 3 N–H and O–H groups in total. The number of carbonyl (C=O) groups excluding carboxylic acids is 4. The third-order valence-electron chi connectivity index (χ3n) is 5.05. The Morgan fingerprint density at radius 2 is 1.93 bits per heavy atom. The molecule has 2 unspecified atom stereocenters. The van der Waals surface area contributed by atoms with Gasteiger partial charge in [0.25, 0.3) is 5.91 Å². The summed E-state index contributed by atoms with van der Waals surface area (Å²) in [5.74, 6) is -1.11. The van der Waals surface area contributed by atoms with E-state index in [2.05, 4.69) is 25.9 Å². The number of carbonyl (C=O) groups is 4. The molecule has 162 valence electrons. The van der Waals surface area contributed by atoms with E-state index in [9.17, 15) is 19.2 Å². The van der Waals surface area contributed by atoms with Crippen LogP contribution in [0.4, 0.5) is 4.79 Å². The molecule has 2 atom stereocenters. The number of nitrogens with one attached hydrogen (secondary N) is 3. The molecule has 3 heterocycles. The van der Waals surface area contributed by atoms with Gasteiger partial charge in [0.2, 0.25) is 11.8 Å². The van der Waals surface area contributed by atoms with E-state index in [-0.39, 0.29) is 43.2 Å². The molecule has 0 spiro atoms. The second kappa shape index (κ2) is 9.51. The molecule has 3 rings (SSSR count). The van der Waals surface area contributed by atoms with Crippen LogP contribution in [-0.2, 0) is 9.59 Å². The molecule has 1 aromatic heterocycles. The van der Waals surface area contributed by atoms with E-state index in [1.165, 1.54) is 28.5 Å². The van der Waals surface area contributed by atoms with Gasteiger partial charge in [-0.15, -0.1) is 0 Å². The van der Waals surface area contributed by atoms with Gasteiger partial charge in [-0.1, -0.05) is 0 Å². The quantitative estimate of drug-likeness (QED) is 0.582. The second-order valence-corrected chi connectivity index (χ2v) is 7.69. The Morgan fingerprint density at radius 1 is 1.20 bits per heavy atom. The van der Waals surface area contributed by atoms with Gasteiger partial charge in [-0.3, -0.25) is 14.4 Å². The first kappa shape index (κ1) is 21.5. The molecule has 11 heteroatoms. The SMILES string of the molecule is CC(C)NC(=O)N1CCN(C(=O)c2cncnc2)C(C(=O)NC2CCCNC2=O)C1. The average Bonchev–Trinajstić information content (AvgIpc) is 2.74. The zero-order valence-corrected chi connectivity index (χ0v) is 17.1. The van der Waals surface area contributed by atoms with E-state index in [0.717, 1.165) is 6.42 Å². The maximum Gasteiger partial charge on any atom is 0.317 e. The van der Waals surface area contributed by atoms with E-state index in [0.29, 0.717) is 13.0 Å². The predicted octanol–water partition coefficient (Wildman–Crippen LogP) is -0.884. The highest BCUT2D eigenvalue weighted by Crippen LogP contribution is 2.15. The molecule has 0 saturated carbocycles. The summed E-state index contributed by atoms with van der Waals surface area (Å²) in [6, 6.07) is -1.94. The molecular formula is C19H27N7O4. The first-order chi connectivity index (χ1) is 14.4. The molecule has 2 saturated heterocycles. The predicted molar refractivity (Wildman–Crippen MR) is 106 cm³/mol. The highest BCUT2D eigenvalue weighted by atomic mass is 16.2. The van der Waals surface area contributed by atoms with Crippen LogP contribution < -0.4 is 16.0 Å². The Balaban J connectivity index is 1.78. The van der Waals surface area contributed by atoms with Gasteiger partial charge in [-0.25, -0.2) is 14.8 Å². The minimum atomic E-state index is -0.931. The van der Waals surface area contributed by atoms with E-state index in [4.69, 9.17) is 0 Å². The summed E-state index contributed by atoms with van der Waals surface area (Å²) in [5.41, 5.74) is 0.255. The van der Waals surface area contributed by atoms with E-state index in [1.807, 2.05) is 13.8 Å². The Hall–Kier alpha value is -3.24. The Morgan fingerprint density at radius 3 is 2.60 bits per heavy atom. The zero-order valence-electron chi connectivity index (χ0n) is 17.1. The number of hydrogen-bond donors (Lipinski definition) is 3. The first-order valence-electron chi connectivity index (χ1n) is 10.1. The summed E-state index contributed by atoms with van der Waals surface area (Å²) >= 11 is 0. The van der Waals surface area contributed by atoms with Gasteiger partial charge >= 0.3 is 6.03 Å². The largest absolute Gasteiger partial charge is 0.354 e. The lowest BCUT2D eigenvalue weighted by Gasteiger charge is -2.41. The van der Waals surface area contributed by atoms with Crippen LogP contribution in [0.25, 0.3) is 0 Å². The molecule has 2 fully saturated rings. The molecule has 5 amide bonds. The van der Waals surface area contributed by atoms with Crippen LogP contribution in [-0.4, -0.2) is 87.8 Å². The van der Waals surface area contributed by atoms with Gasteiger partial charge in [0.15, 0.2) is 0 Å². The standard InChI is InChI=1S/C19H27N7O4/c1-12(2)23-19(30)25-6-7-26(18(29)13-8-20-11-21-9-13)15(10-25)17(28)24-14-4-3-5-22-16(14)27/h8-9,11-12,14-15H,3-7,10H2,1-2H3,(H,22,27)(H,23,30)(H,24,28). The van der Waals surface area contributed by atoms with Gasteiger partial charge in [-0.05, 0) is 26.7 Å². The highest BCUT2D eigenvalue weighted by Gasteiger charge is 2.39. The summed E-state index contributed by atoms with van der Waals surface area (Å²) < 4.78 is 0. The van der Waals surface area contributed by atoms with Crippen molar-refractivity contribution in [3.05, 3.63) is 24.3 Å². The van der Waals surface area contributed by atoms with Crippen LogP contribution in [0.2, 0.25) is 0 Å². The molecule has 0 aromatic carbocycles. The minimum absolute atomic E-state index is 0.0259. The zero-order chi connectivity index (χ0) is 21.7. The lowest BCUT2D eigenvalue weighted by atomic mass is 10.0. The van der Waals surface area contributed by atoms with Crippen LogP contribution in [0.15, 0.2) is 18.7 Å². The number of piperidine rings is 1. The molecular weight excluding hydrogens is 390 g/mol. The molecule has 30 heavy (non-hydrogen) atoms. The van der Waals surface area contributed by atoms with Crippen molar-refractivity contribution in [2.24, 2.45) is 0 Å². The molecule has 0 bridgehead atoms. The monoisotopic (exact) mass is 417 g/mol. The van der Waals surface area contributed by atoms with Gasteiger partial charge in [0.1, 0.15) is 18.4 Å². The number of nitrogens with zero attached hydrogens (tertiary/aromatic N) is 4. The average molecular weight is 417 g/mol. The second-order valence-electron chi connectivity index (χ2n) is 7.69. The maximum absolute atomic E-state index is 13.1. The molecule has 0 aliphatic carbocycles. The topological polar surface area (TPSA) is 137 Å². The van der Waals surface area contributed by atoms with E-state index < -0.39 is 23.9 Å². The maximum atomic E-state index is 13.1. The number of piperazine rings is 1. The normalized spacial score (nSPS) is 21.8. The minimum Gasteiger partial charge on any atom is -0.354 e. The van der Waals surface area contributed by atoms with E-state index in [1.54, 1.807) is 0 Å². The van der Waals surface area contributed by atoms with Crippen molar-refractivity contribution in [1.29, 1.82) is 0 Å². The molecule has 1 aromatic rings. The third-order valence-corrected chi connectivity index (χ3v) is 5.05. The molecule has 0 radical (unpaired) electrons. The summed E-state index contributed by atoms with van der Waals surface area (Å²) in [5, 5.41) is 8.27. The van der Waals surface area contributed by atoms with Gasteiger partial charge in [0, 0.05) is 38.1 Å². The van der Waals surface area contributed by atoms with Gasteiger partial charge < -0.3 is 25.8 Å². The Labute approximate surface area is 174 Å². The van der Waals surface area contributed by atoms with Crippen molar-refractivity contribution in [2.75, 3.05) is 26.2 Å². The van der Waals surface area contributed by atoms with Crippen LogP contribution in [0.5, 0.6) is 0 Å². The Kier molecular flexibility index (Phi) is 6.80. The van der Waals surface area contributed by atoms with E-state index >= 15 is 0 Å². The number of rotatable bonds is 4. The fourth-order valence-electron chi connectivity index (χ4n) is 3.53. The molecule has 2 aliphatic rings. The van der Waals surface area contributed by atoms with Crippen LogP contribution in [0, 0.1) is 0 Å². The number of amides is 5. The summed E-state index contributed by atoms with van der Waals surface area (Å²) in [7, 11) is 0. The van der Waals surface area contributed by atoms with Crippen molar-refractivity contribution in [3.63, 3.8) is 0 Å². The lowest BCUT2D eigenvalue weighted by Crippen LogP contribution is -2.64. The fourth-order valence-corrected chi connectivity index (χ4v) is 3.53.